The van der Waals surface area contributed by atoms with E-state index in [1.165, 1.54) is 0 Å². The van der Waals surface area contributed by atoms with Crippen molar-refractivity contribution < 1.29 is 4.79 Å². The van der Waals surface area contributed by atoms with E-state index in [0.717, 1.165) is 16.3 Å². The van der Waals surface area contributed by atoms with Crippen LogP contribution >= 0.6 is 11.3 Å². The number of nitrogens with two attached hydrogens (primary N) is 1. The van der Waals surface area contributed by atoms with Crippen LogP contribution in [0.15, 0.2) is 6.20 Å². The predicted octanol–water partition coefficient (Wildman–Crippen LogP) is 2.22. The fourth-order valence-electron chi connectivity index (χ4n) is 1.84. The molecule has 1 rings (SSSR count). The summed E-state index contributed by atoms with van der Waals surface area (Å²) >= 11 is 1.60. The van der Waals surface area contributed by atoms with Crippen molar-refractivity contribution >= 4 is 17.2 Å². The molecule has 1 heterocycles. The van der Waals surface area contributed by atoms with Gasteiger partial charge in [0.15, 0.2) is 0 Å². The molecule has 1 unspecified atom stereocenters. The van der Waals surface area contributed by atoms with Crippen LogP contribution in [-0.2, 0) is 11.3 Å². The van der Waals surface area contributed by atoms with Gasteiger partial charge in [0.05, 0.1) is 11.6 Å². The second-order valence-electron chi connectivity index (χ2n) is 5.85. The smallest absolute Gasteiger partial charge is 0.221 e. The van der Waals surface area contributed by atoms with Crippen LogP contribution < -0.4 is 11.1 Å². The van der Waals surface area contributed by atoms with Gasteiger partial charge in [-0.25, -0.2) is 4.98 Å². The van der Waals surface area contributed by atoms with E-state index in [-0.39, 0.29) is 17.4 Å². The number of aromatic nitrogens is 1. The summed E-state index contributed by atoms with van der Waals surface area (Å²) in [5.41, 5.74) is 6.12. The lowest BCUT2D eigenvalue weighted by Crippen LogP contribution is -2.33. The zero-order valence-electron chi connectivity index (χ0n) is 11.6. The van der Waals surface area contributed by atoms with Crippen LogP contribution in [0, 0.1) is 12.3 Å². The van der Waals surface area contributed by atoms with E-state index in [4.69, 9.17) is 5.73 Å². The first kappa shape index (κ1) is 15.1. The minimum atomic E-state index is -0.0757. The molecule has 0 bridgehead atoms. The van der Waals surface area contributed by atoms with Gasteiger partial charge in [-0.3, -0.25) is 4.79 Å². The number of rotatable bonds is 5. The number of amides is 1. The Balaban J connectivity index is 2.29. The Hall–Kier alpha value is -0.940. The van der Waals surface area contributed by atoms with E-state index in [1.54, 1.807) is 17.5 Å². The second kappa shape index (κ2) is 6.29. The van der Waals surface area contributed by atoms with Gasteiger partial charge in [0.1, 0.15) is 0 Å². The molecule has 0 aromatic carbocycles. The highest BCUT2D eigenvalue weighted by molar-refractivity contribution is 7.11. The third kappa shape index (κ3) is 6.12. The van der Waals surface area contributed by atoms with Crippen LogP contribution in [0.1, 0.15) is 43.5 Å². The van der Waals surface area contributed by atoms with Crippen LogP contribution in [0.5, 0.6) is 0 Å². The Morgan fingerprint density at radius 1 is 1.56 bits per heavy atom. The lowest BCUT2D eigenvalue weighted by atomic mass is 9.87. The summed E-state index contributed by atoms with van der Waals surface area (Å²) in [6, 6.07) is -0.0757. The predicted molar refractivity (Wildman–Crippen MR) is 75.4 cm³/mol. The molecule has 4 nitrogen and oxygen atoms in total. The van der Waals surface area contributed by atoms with E-state index in [9.17, 15) is 4.79 Å². The maximum absolute atomic E-state index is 11.7. The number of aryl methyl sites for hydroxylation is 1. The van der Waals surface area contributed by atoms with Gasteiger partial charge >= 0.3 is 0 Å². The summed E-state index contributed by atoms with van der Waals surface area (Å²) in [4.78, 5) is 16.9. The molecule has 1 aromatic rings. The molecular formula is C13H23N3OS. The molecular weight excluding hydrogens is 246 g/mol. The molecule has 1 amide bonds. The number of nitrogens with one attached hydrogen (secondary N) is 1. The molecule has 0 fully saturated rings. The van der Waals surface area contributed by atoms with Gasteiger partial charge in [-0.05, 0) is 18.8 Å². The van der Waals surface area contributed by atoms with Crippen LogP contribution in [0.2, 0.25) is 0 Å². The van der Waals surface area contributed by atoms with Gasteiger partial charge in [-0.15, -0.1) is 11.3 Å². The van der Waals surface area contributed by atoms with Crippen molar-refractivity contribution in [2.24, 2.45) is 11.1 Å². The Morgan fingerprint density at radius 2 is 2.22 bits per heavy atom. The van der Waals surface area contributed by atoms with E-state index >= 15 is 0 Å². The third-order valence-electron chi connectivity index (χ3n) is 2.45. The molecule has 1 atom stereocenters. The zero-order valence-corrected chi connectivity index (χ0v) is 12.4. The van der Waals surface area contributed by atoms with E-state index in [2.05, 4.69) is 31.1 Å². The first-order valence-electron chi connectivity index (χ1n) is 6.20. The Labute approximate surface area is 113 Å². The average Bonchev–Trinajstić information content (AvgIpc) is 2.58. The molecule has 3 N–H and O–H groups in total. The number of hydrogen-bond acceptors (Lipinski definition) is 4. The maximum atomic E-state index is 11.7. The normalized spacial score (nSPS) is 13.4. The summed E-state index contributed by atoms with van der Waals surface area (Å²) < 4.78 is 0. The fourth-order valence-corrected chi connectivity index (χ4v) is 2.58. The monoisotopic (exact) mass is 269 g/mol. The van der Waals surface area contributed by atoms with Gasteiger partial charge in [-0.2, -0.15) is 0 Å². The van der Waals surface area contributed by atoms with E-state index < -0.39 is 0 Å². The Bertz CT molecular complexity index is 395. The standard InChI is InChI=1S/C13H23N3OS/c1-9-15-7-11(18-9)8-16-12(17)5-10(14)6-13(2,3)4/h7,10H,5-6,8,14H2,1-4H3,(H,16,17). The summed E-state index contributed by atoms with van der Waals surface area (Å²) in [6.45, 7) is 8.89. The van der Waals surface area contributed by atoms with Crippen molar-refractivity contribution in [1.82, 2.24) is 10.3 Å². The largest absolute Gasteiger partial charge is 0.351 e. The minimum Gasteiger partial charge on any atom is -0.351 e. The van der Waals surface area contributed by atoms with Crippen LogP contribution in [0.4, 0.5) is 0 Å². The topological polar surface area (TPSA) is 68.0 Å². The van der Waals surface area contributed by atoms with Crippen molar-refractivity contribution in [2.75, 3.05) is 0 Å². The molecule has 0 saturated heterocycles. The highest BCUT2D eigenvalue weighted by Gasteiger charge is 2.18. The third-order valence-corrected chi connectivity index (χ3v) is 3.36. The van der Waals surface area contributed by atoms with E-state index in [0.29, 0.717) is 13.0 Å². The molecule has 102 valence electrons. The number of hydrogen-bond donors (Lipinski definition) is 2. The lowest BCUT2D eigenvalue weighted by Gasteiger charge is -2.22. The minimum absolute atomic E-state index is 0.0119. The van der Waals surface area contributed by atoms with Crippen LogP contribution in [0.3, 0.4) is 0 Å². The van der Waals surface area contributed by atoms with Gasteiger partial charge < -0.3 is 11.1 Å². The summed E-state index contributed by atoms with van der Waals surface area (Å²) in [6.07, 6.45) is 3.03. The van der Waals surface area contributed by atoms with Crippen LogP contribution in [-0.4, -0.2) is 16.9 Å². The van der Waals surface area contributed by atoms with Gasteiger partial charge in [0.25, 0.3) is 0 Å². The second-order valence-corrected chi connectivity index (χ2v) is 7.17. The average molecular weight is 269 g/mol. The molecule has 0 aliphatic rings. The number of carbonyl (C=O) groups is 1. The maximum Gasteiger partial charge on any atom is 0.221 e. The molecule has 0 radical (unpaired) electrons. The van der Waals surface area contributed by atoms with Gasteiger partial charge in [0.2, 0.25) is 5.91 Å². The first-order chi connectivity index (χ1) is 8.26. The van der Waals surface area contributed by atoms with Gasteiger partial charge in [-0.1, -0.05) is 20.8 Å². The lowest BCUT2D eigenvalue weighted by molar-refractivity contribution is -0.121. The highest BCUT2D eigenvalue weighted by Crippen LogP contribution is 2.21. The van der Waals surface area contributed by atoms with Crippen molar-refractivity contribution in [2.45, 2.75) is 53.1 Å². The summed E-state index contributed by atoms with van der Waals surface area (Å²) in [5, 5.41) is 3.90. The van der Waals surface area contributed by atoms with Crippen LogP contribution in [0.25, 0.3) is 0 Å². The molecule has 0 aliphatic heterocycles. The number of carbonyl (C=O) groups excluding carboxylic acids is 1. The van der Waals surface area contributed by atoms with Crippen molar-refractivity contribution in [3.05, 3.63) is 16.1 Å². The number of nitrogens with zero attached hydrogens (tertiary/aromatic N) is 1. The molecule has 0 saturated carbocycles. The highest BCUT2D eigenvalue weighted by atomic mass is 32.1. The number of thiazole rings is 1. The molecule has 0 spiro atoms. The van der Waals surface area contributed by atoms with Gasteiger partial charge in [0, 0.05) is 23.5 Å². The molecule has 18 heavy (non-hydrogen) atoms. The summed E-state index contributed by atoms with van der Waals surface area (Å²) in [7, 11) is 0. The fraction of sp³-hybridized carbons (Fsp3) is 0.692. The Kier molecular flexibility index (Phi) is 5.28. The van der Waals surface area contributed by atoms with Crippen molar-refractivity contribution in [1.29, 1.82) is 0 Å². The molecule has 5 heteroatoms. The van der Waals surface area contributed by atoms with E-state index in [1.807, 2.05) is 6.92 Å². The molecule has 1 aromatic heterocycles. The quantitative estimate of drug-likeness (QED) is 0.861. The van der Waals surface area contributed by atoms with Crippen molar-refractivity contribution in [3.8, 4) is 0 Å². The van der Waals surface area contributed by atoms with Crippen molar-refractivity contribution in [3.63, 3.8) is 0 Å². The zero-order chi connectivity index (χ0) is 13.8. The first-order valence-corrected chi connectivity index (χ1v) is 7.01. The summed E-state index contributed by atoms with van der Waals surface area (Å²) in [5.74, 6) is 0.0119. The molecule has 0 aliphatic carbocycles. The SMILES string of the molecule is Cc1ncc(CNC(=O)CC(N)CC(C)(C)C)s1. The Morgan fingerprint density at radius 3 is 2.72 bits per heavy atom.